The third-order valence-corrected chi connectivity index (χ3v) is 6.15. The highest BCUT2D eigenvalue weighted by Gasteiger charge is 2.31. The second kappa shape index (κ2) is 9.01. The molecule has 2 aliphatic rings. The van der Waals surface area contributed by atoms with Crippen LogP contribution in [0.3, 0.4) is 0 Å². The van der Waals surface area contributed by atoms with Gasteiger partial charge in [0, 0.05) is 12.0 Å². The molecule has 34 heavy (non-hydrogen) atoms. The maximum absolute atomic E-state index is 12.8. The number of carboxylic acids is 1. The van der Waals surface area contributed by atoms with Gasteiger partial charge in [0.1, 0.15) is 18.5 Å². The molecule has 3 N–H and O–H groups in total. The highest BCUT2D eigenvalue weighted by Crippen LogP contribution is 2.44. The number of hydrogen-bond donors (Lipinski definition) is 3. The number of nitrogens with zero attached hydrogens (tertiary/aromatic N) is 2. The Kier molecular flexibility index (Phi) is 5.75. The van der Waals surface area contributed by atoms with E-state index in [1.165, 1.54) is 0 Å². The number of benzene rings is 2. The molecule has 0 aliphatic heterocycles. The third kappa shape index (κ3) is 4.36. The summed E-state index contributed by atoms with van der Waals surface area (Å²) in [5.74, 6) is -1.52. The van der Waals surface area contributed by atoms with Gasteiger partial charge in [-0.3, -0.25) is 9.59 Å². The Bertz CT molecular complexity index is 1200. The number of carbonyl (C=O) groups is 3. The Hall–Kier alpha value is -4.14. The maximum atomic E-state index is 12.8. The topological polar surface area (TPSA) is 123 Å². The van der Waals surface area contributed by atoms with Crippen LogP contribution in [0.1, 0.15) is 42.3 Å². The van der Waals surface area contributed by atoms with Crippen LogP contribution >= 0.6 is 0 Å². The molecule has 1 saturated carbocycles. The first-order valence-electron chi connectivity index (χ1n) is 11.2. The quantitative estimate of drug-likeness (QED) is 0.473. The number of rotatable bonds is 8. The minimum atomic E-state index is -1.30. The number of ether oxygens (including phenoxy) is 1. The number of carbonyl (C=O) groups excluding carboxylic acids is 2. The van der Waals surface area contributed by atoms with Crippen molar-refractivity contribution in [3.8, 4) is 11.1 Å². The molecular weight excluding hydrogens is 436 g/mol. The fourth-order valence-electron chi connectivity index (χ4n) is 4.40. The van der Waals surface area contributed by atoms with Crippen LogP contribution in [0.2, 0.25) is 0 Å². The highest BCUT2D eigenvalue weighted by atomic mass is 16.5. The molecule has 1 fully saturated rings. The van der Waals surface area contributed by atoms with Crippen LogP contribution in [0.15, 0.2) is 60.8 Å². The van der Waals surface area contributed by atoms with Gasteiger partial charge < -0.3 is 20.5 Å². The molecule has 1 heterocycles. The van der Waals surface area contributed by atoms with E-state index in [0.717, 1.165) is 35.1 Å². The molecule has 3 aromatic rings. The largest absolute Gasteiger partial charge is 0.481 e. The number of aromatic nitrogens is 2. The van der Waals surface area contributed by atoms with Crippen LogP contribution < -0.4 is 10.6 Å². The molecular formula is C25H24N4O5. The number of alkyl carbamates (subject to hydrolysis) is 1. The average Bonchev–Trinajstić information content (AvgIpc) is 3.48. The molecule has 1 unspecified atom stereocenters. The molecule has 1 aromatic heterocycles. The van der Waals surface area contributed by atoms with Crippen LogP contribution in [0.25, 0.3) is 11.1 Å². The zero-order valence-corrected chi connectivity index (χ0v) is 18.3. The van der Waals surface area contributed by atoms with Gasteiger partial charge in [-0.1, -0.05) is 48.5 Å². The van der Waals surface area contributed by atoms with Gasteiger partial charge in [0.25, 0.3) is 0 Å². The van der Waals surface area contributed by atoms with E-state index >= 15 is 0 Å². The zero-order valence-electron chi connectivity index (χ0n) is 18.3. The predicted molar refractivity (Wildman–Crippen MR) is 123 cm³/mol. The fraction of sp³-hybridized carbons (Fsp3) is 0.280. The van der Waals surface area contributed by atoms with Crippen LogP contribution in [0, 0.1) is 0 Å². The van der Waals surface area contributed by atoms with Gasteiger partial charge in [-0.2, -0.15) is 5.10 Å². The first-order chi connectivity index (χ1) is 16.5. The van der Waals surface area contributed by atoms with Gasteiger partial charge >= 0.3 is 12.1 Å². The Morgan fingerprint density at radius 3 is 2.29 bits per heavy atom. The smallest absolute Gasteiger partial charge is 0.407 e. The normalized spacial score (nSPS) is 15.2. The van der Waals surface area contributed by atoms with Crippen molar-refractivity contribution in [2.24, 2.45) is 0 Å². The van der Waals surface area contributed by atoms with Crippen molar-refractivity contribution in [2.75, 3.05) is 11.9 Å². The molecule has 0 bridgehead atoms. The van der Waals surface area contributed by atoms with Crippen molar-refractivity contribution in [1.82, 2.24) is 15.1 Å². The molecule has 9 heteroatoms. The zero-order chi connectivity index (χ0) is 23.7. The fourth-order valence-corrected chi connectivity index (χ4v) is 4.40. The van der Waals surface area contributed by atoms with E-state index in [4.69, 9.17) is 4.74 Å². The van der Waals surface area contributed by atoms with Gasteiger partial charge in [0.05, 0.1) is 18.7 Å². The monoisotopic (exact) mass is 460 g/mol. The van der Waals surface area contributed by atoms with Gasteiger partial charge in [-0.05, 0) is 35.1 Å². The second-order valence-corrected chi connectivity index (χ2v) is 8.50. The lowest BCUT2D eigenvalue weighted by molar-refractivity contribution is -0.139. The number of fused-ring (bicyclic) bond motifs is 3. The number of anilines is 1. The molecule has 5 rings (SSSR count). The standard InChI is InChI=1S/C25H24N4O5/c30-23(31)13-21(24(32)28-22-11-12-26-29(22)15-9-10-15)27-25(33)34-14-20-18-7-3-1-5-16(18)17-6-2-4-8-19(17)20/h1-8,11-12,15,20-21H,9-10,13-14H2,(H,27,33)(H,28,32)(H,30,31). The van der Waals surface area contributed by atoms with Gasteiger partial charge in [0.15, 0.2) is 0 Å². The highest BCUT2D eigenvalue weighted by molar-refractivity contribution is 5.98. The second-order valence-electron chi connectivity index (χ2n) is 8.50. The van der Waals surface area contributed by atoms with E-state index < -0.39 is 30.4 Å². The van der Waals surface area contributed by atoms with Crippen LogP contribution in [0.4, 0.5) is 10.6 Å². The molecule has 1 atom stereocenters. The summed E-state index contributed by atoms with van der Waals surface area (Å²) in [5, 5.41) is 18.5. The van der Waals surface area contributed by atoms with Crippen LogP contribution in [-0.2, 0) is 14.3 Å². The lowest BCUT2D eigenvalue weighted by atomic mass is 9.98. The van der Waals surface area contributed by atoms with Crippen molar-refractivity contribution < 1.29 is 24.2 Å². The van der Waals surface area contributed by atoms with E-state index in [1.54, 1.807) is 16.9 Å². The first kappa shape index (κ1) is 21.7. The molecule has 2 aromatic carbocycles. The van der Waals surface area contributed by atoms with E-state index in [1.807, 2.05) is 48.5 Å². The van der Waals surface area contributed by atoms with Crippen molar-refractivity contribution in [1.29, 1.82) is 0 Å². The Balaban J connectivity index is 1.25. The average molecular weight is 460 g/mol. The number of nitrogens with one attached hydrogen (secondary N) is 2. The van der Waals surface area contributed by atoms with E-state index in [2.05, 4.69) is 15.7 Å². The minimum Gasteiger partial charge on any atom is -0.481 e. The maximum Gasteiger partial charge on any atom is 0.407 e. The molecule has 2 amide bonds. The van der Waals surface area contributed by atoms with E-state index in [0.29, 0.717) is 5.82 Å². The lowest BCUT2D eigenvalue weighted by Crippen LogP contribution is -2.45. The van der Waals surface area contributed by atoms with Crippen molar-refractivity contribution in [3.05, 3.63) is 71.9 Å². The number of hydrogen-bond acceptors (Lipinski definition) is 5. The minimum absolute atomic E-state index is 0.0652. The Morgan fingerprint density at radius 2 is 1.68 bits per heavy atom. The summed E-state index contributed by atoms with van der Waals surface area (Å²) in [7, 11) is 0. The van der Waals surface area contributed by atoms with Crippen molar-refractivity contribution in [2.45, 2.75) is 37.3 Å². The summed E-state index contributed by atoms with van der Waals surface area (Å²) < 4.78 is 7.17. The van der Waals surface area contributed by atoms with Crippen molar-refractivity contribution in [3.63, 3.8) is 0 Å². The van der Waals surface area contributed by atoms with E-state index in [9.17, 15) is 19.5 Å². The summed E-state index contributed by atoms with van der Waals surface area (Å²) in [5.41, 5.74) is 4.32. The predicted octanol–water partition coefficient (Wildman–Crippen LogP) is 3.54. The van der Waals surface area contributed by atoms with Crippen LogP contribution in [-0.4, -0.2) is 45.5 Å². The number of carboxylic acid groups (broad SMARTS) is 1. The molecule has 9 nitrogen and oxygen atoms in total. The van der Waals surface area contributed by atoms with Gasteiger partial charge in [-0.25, -0.2) is 9.48 Å². The number of amides is 2. The molecule has 0 saturated heterocycles. The third-order valence-electron chi connectivity index (χ3n) is 6.15. The summed E-state index contributed by atoms with van der Waals surface area (Å²) in [6, 6.07) is 16.5. The van der Waals surface area contributed by atoms with Crippen molar-refractivity contribution >= 4 is 23.8 Å². The van der Waals surface area contributed by atoms with Gasteiger partial charge in [0.2, 0.25) is 5.91 Å². The Labute approximate surface area is 195 Å². The molecule has 174 valence electrons. The van der Waals surface area contributed by atoms with E-state index in [-0.39, 0.29) is 18.6 Å². The molecule has 0 spiro atoms. The molecule has 0 radical (unpaired) electrons. The summed E-state index contributed by atoms with van der Waals surface area (Å²) in [6.07, 6.45) is 2.09. The summed E-state index contributed by atoms with van der Waals surface area (Å²) in [4.78, 5) is 36.7. The molecule has 2 aliphatic carbocycles. The first-order valence-corrected chi connectivity index (χ1v) is 11.2. The van der Waals surface area contributed by atoms with Crippen LogP contribution in [0.5, 0.6) is 0 Å². The Morgan fingerprint density at radius 1 is 1.03 bits per heavy atom. The SMILES string of the molecule is O=C(O)CC(NC(=O)OCC1c2ccccc2-c2ccccc21)C(=O)Nc1ccnn1C1CC1. The van der Waals surface area contributed by atoms with Gasteiger partial charge in [-0.15, -0.1) is 0 Å². The summed E-state index contributed by atoms with van der Waals surface area (Å²) >= 11 is 0. The summed E-state index contributed by atoms with van der Waals surface area (Å²) in [6.45, 7) is 0.0652. The lowest BCUT2D eigenvalue weighted by Gasteiger charge is -2.19. The number of aliphatic carboxylic acids is 1.